The molecule has 0 aromatic heterocycles. The van der Waals surface area contributed by atoms with Crippen molar-refractivity contribution in [1.29, 1.82) is 5.26 Å². The Balaban J connectivity index is 2.32. The molecule has 0 spiro atoms. The van der Waals surface area contributed by atoms with Crippen LogP contribution in [0.25, 0.3) is 0 Å². The molecule has 1 aliphatic heterocycles. The average molecular weight is 236 g/mol. The number of hydrogen-bond donors (Lipinski definition) is 1. The highest BCUT2D eigenvalue weighted by molar-refractivity contribution is 4.91. The van der Waals surface area contributed by atoms with Gasteiger partial charge in [0.2, 0.25) is 0 Å². The van der Waals surface area contributed by atoms with Crippen LogP contribution in [0.4, 0.5) is 13.2 Å². The van der Waals surface area contributed by atoms with Gasteiger partial charge in [-0.2, -0.15) is 18.4 Å². The van der Waals surface area contributed by atoms with Crippen molar-refractivity contribution >= 4 is 0 Å². The van der Waals surface area contributed by atoms with Crippen molar-refractivity contribution < 1.29 is 17.9 Å². The molecule has 1 N–H and O–H groups in total. The molecule has 0 saturated carbocycles. The Morgan fingerprint density at radius 3 is 2.69 bits per heavy atom. The minimum Gasteiger partial charge on any atom is -0.374 e. The topological polar surface area (TPSA) is 45.0 Å². The van der Waals surface area contributed by atoms with Gasteiger partial charge in [-0.05, 0) is 19.8 Å². The van der Waals surface area contributed by atoms with Crippen LogP contribution in [-0.4, -0.2) is 31.5 Å². The van der Waals surface area contributed by atoms with Crippen LogP contribution >= 0.6 is 0 Å². The predicted octanol–water partition coefficient (Wildman–Crippen LogP) is 1.85. The summed E-state index contributed by atoms with van der Waals surface area (Å²) < 4.78 is 42.1. The van der Waals surface area contributed by atoms with Gasteiger partial charge >= 0.3 is 6.18 Å². The van der Waals surface area contributed by atoms with Crippen LogP contribution in [0, 0.1) is 17.2 Å². The van der Waals surface area contributed by atoms with Crippen LogP contribution in [0.1, 0.15) is 19.8 Å². The third-order valence-electron chi connectivity index (χ3n) is 2.70. The first-order chi connectivity index (χ1) is 7.37. The maximum atomic E-state index is 12.2. The maximum absolute atomic E-state index is 12.2. The zero-order valence-corrected chi connectivity index (χ0v) is 9.10. The zero-order chi connectivity index (χ0) is 12.2. The molecule has 2 atom stereocenters. The summed E-state index contributed by atoms with van der Waals surface area (Å²) in [7, 11) is 0. The van der Waals surface area contributed by atoms with E-state index in [4.69, 9.17) is 10.00 Å². The van der Waals surface area contributed by atoms with E-state index in [0.717, 1.165) is 12.8 Å². The molecule has 1 aliphatic rings. The van der Waals surface area contributed by atoms with Crippen molar-refractivity contribution in [3.8, 4) is 6.07 Å². The standard InChI is InChI=1S/C10H15F3N2O/c1-9(3-2-4-16-9)7-15-6-8(5-14)10(11,12)13/h8,15H,2-4,6-7H2,1H3. The van der Waals surface area contributed by atoms with Gasteiger partial charge in [-0.15, -0.1) is 0 Å². The van der Waals surface area contributed by atoms with Gasteiger partial charge in [0.05, 0.1) is 11.7 Å². The van der Waals surface area contributed by atoms with E-state index in [9.17, 15) is 13.2 Å². The molecule has 1 rings (SSSR count). The van der Waals surface area contributed by atoms with Crippen molar-refractivity contribution in [2.45, 2.75) is 31.5 Å². The Morgan fingerprint density at radius 2 is 2.25 bits per heavy atom. The van der Waals surface area contributed by atoms with E-state index in [-0.39, 0.29) is 12.1 Å². The minimum absolute atomic E-state index is 0.348. The van der Waals surface area contributed by atoms with Gasteiger partial charge in [-0.1, -0.05) is 0 Å². The smallest absolute Gasteiger partial charge is 0.374 e. The fourth-order valence-electron chi connectivity index (χ4n) is 1.69. The van der Waals surface area contributed by atoms with E-state index >= 15 is 0 Å². The largest absolute Gasteiger partial charge is 0.405 e. The Kier molecular flexibility index (Phi) is 4.16. The lowest BCUT2D eigenvalue weighted by Gasteiger charge is -2.24. The molecular formula is C10H15F3N2O. The molecule has 1 fully saturated rings. The first-order valence-corrected chi connectivity index (χ1v) is 5.18. The van der Waals surface area contributed by atoms with E-state index in [2.05, 4.69) is 5.32 Å². The Bertz CT molecular complexity index is 266. The molecule has 3 nitrogen and oxygen atoms in total. The first-order valence-electron chi connectivity index (χ1n) is 5.18. The number of hydrogen-bond acceptors (Lipinski definition) is 3. The normalized spacial score (nSPS) is 27.7. The number of nitrogens with one attached hydrogen (secondary N) is 1. The van der Waals surface area contributed by atoms with Crippen molar-refractivity contribution in [2.24, 2.45) is 5.92 Å². The number of ether oxygens (including phenoxy) is 1. The van der Waals surface area contributed by atoms with Gasteiger partial charge in [-0.3, -0.25) is 0 Å². The molecule has 16 heavy (non-hydrogen) atoms. The van der Waals surface area contributed by atoms with E-state index in [1.54, 1.807) is 0 Å². The van der Waals surface area contributed by atoms with Gasteiger partial charge in [0, 0.05) is 19.7 Å². The molecule has 2 unspecified atom stereocenters. The monoisotopic (exact) mass is 236 g/mol. The van der Waals surface area contributed by atoms with Crippen molar-refractivity contribution in [3.63, 3.8) is 0 Å². The molecule has 0 amide bonds. The van der Waals surface area contributed by atoms with Crippen molar-refractivity contribution in [3.05, 3.63) is 0 Å². The van der Waals surface area contributed by atoms with Crippen LogP contribution in [0.3, 0.4) is 0 Å². The van der Waals surface area contributed by atoms with Gasteiger partial charge in [0.15, 0.2) is 5.92 Å². The molecule has 0 aliphatic carbocycles. The van der Waals surface area contributed by atoms with Crippen LogP contribution < -0.4 is 5.32 Å². The molecular weight excluding hydrogens is 221 g/mol. The zero-order valence-electron chi connectivity index (χ0n) is 9.10. The number of nitrogens with zero attached hydrogens (tertiary/aromatic N) is 1. The van der Waals surface area contributed by atoms with Gasteiger partial charge in [-0.25, -0.2) is 0 Å². The lowest BCUT2D eigenvalue weighted by molar-refractivity contribution is -0.158. The summed E-state index contributed by atoms with van der Waals surface area (Å²) in [5, 5.41) is 11.0. The molecule has 0 aromatic rings. The number of halogens is 3. The van der Waals surface area contributed by atoms with Gasteiger partial charge < -0.3 is 10.1 Å². The maximum Gasteiger partial charge on any atom is 0.405 e. The quantitative estimate of drug-likeness (QED) is 0.810. The van der Waals surface area contributed by atoms with Crippen molar-refractivity contribution in [2.75, 3.05) is 19.7 Å². The van der Waals surface area contributed by atoms with E-state index in [0.29, 0.717) is 13.2 Å². The summed E-state index contributed by atoms with van der Waals surface area (Å²) in [6, 6.07) is 1.25. The second kappa shape index (κ2) is 5.02. The average Bonchev–Trinajstić information content (AvgIpc) is 2.58. The Labute approximate surface area is 92.6 Å². The Morgan fingerprint density at radius 1 is 1.56 bits per heavy atom. The number of nitriles is 1. The molecule has 0 bridgehead atoms. The summed E-state index contributed by atoms with van der Waals surface area (Å²) in [6.45, 7) is 2.49. The highest BCUT2D eigenvalue weighted by Crippen LogP contribution is 2.26. The van der Waals surface area contributed by atoms with Crippen LogP contribution in [0.2, 0.25) is 0 Å². The first kappa shape index (κ1) is 13.3. The molecule has 1 heterocycles. The Hall–Kier alpha value is -0.800. The fraction of sp³-hybridized carbons (Fsp3) is 0.900. The molecule has 6 heteroatoms. The summed E-state index contributed by atoms with van der Waals surface area (Å²) >= 11 is 0. The lowest BCUT2D eigenvalue weighted by Crippen LogP contribution is -2.41. The van der Waals surface area contributed by atoms with Crippen LogP contribution in [-0.2, 0) is 4.74 Å². The molecule has 0 radical (unpaired) electrons. The summed E-state index contributed by atoms with van der Waals surface area (Å²) in [5.74, 6) is -1.95. The van der Waals surface area contributed by atoms with Crippen LogP contribution in [0.5, 0.6) is 0 Å². The van der Waals surface area contributed by atoms with Crippen LogP contribution in [0.15, 0.2) is 0 Å². The third-order valence-corrected chi connectivity index (χ3v) is 2.70. The van der Waals surface area contributed by atoms with E-state index < -0.39 is 12.1 Å². The van der Waals surface area contributed by atoms with E-state index in [1.165, 1.54) is 6.07 Å². The summed E-state index contributed by atoms with van der Waals surface area (Å²) in [4.78, 5) is 0. The molecule has 1 saturated heterocycles. The van der Waals surface area contributed by atoms with Gasteiger partial charge in [0.25, 0.3) is 0 Å². The second-order valence-electron chi connectivity index (χ2n) is 4.26. The lowest BCUT2D eigenvalue weighted by atomic mass is 10.0. The van der Waals surface area contributed by atoms with Gasteiger partial charge in [0.1, 0.15) is 0 Å². The SMILES string of the molecule is CC1(CNCC(C#N)C(F)(F)F)CCCO1. The second-order valence-corrected chi connectivity index (χ2v) is 4.26. The number of alkyl halides is 3. The highest BCUT2D eigenvalue weighted by Gasteiger charge is 2.40. The predicted molar refractivity (Wildman–Crippen MR) is 51.6 cm³/mol. The van der Waals surface area contributed by atoms with E-state index in [1.807, 2.05) is 6.92 Å². The van der Waals surface area contributed by atoms with Crippen molar-refractivity contribution in [1.82, 2.24) is 5.32 Å². The molecule has 0 aromatic carbocycles. The fourth-order valence-corrected chi connectivity index (χ4v) is 1.69. The number of rotatable bonds is 4. The summed E-state index contributed by atoms with van der Waals surface area (Å²) in [5.41, 5.74) is -0.383. The molecule has 92 valence electrons. The highest BCUT2D eigenvalue weighted by atomic mass is 19.4. The minimum atomic E-state index is -4.46. The third kappa shape index (κ3) is 3.65. The summed E-state index contributed by atoms with van der Waals surface area (Å²) in [6.07, 6.45) is -2.69.